The van der Waals surface area contributed by atoms with E-state index in [-0.39, 0.29) is 35.7 Å². The molecule has 10 nitrogen and oxygen atoms in total. The molecule has 0 aliphatic heterocycles. The second kappa shape index (κ2) is 20.7. The summed E-state index contributed by atoms with van der Waals surface area (Å²) in [7, 11) is 0. The van der Waals surface area contributed by atoms with Crippen LogP contribution in [0, 0.1) is 17.8 Å². The molecule has 4 amide bonds. The molecule has 0 aliphatic rings. The van der Waals surface area contributed by atoms with Gasteiger partial charge in [-0.1, -0.05) is 58.0 Å². The molecule has 0 saturated carbocycles. The van der Waals surface area contributed by atoms with Crippen molar-refractivity contribution in [3.8, 4) is 0 Å². The molecule has 5 atom stereocenters. The summed E-state index contributed by atoms with van der Waals surface area (Å²) in [6.45, 7) is 21.4. The lowest BCUT2D eigenvalue weighted by atomic mass is 9.89. The molecule has 0 aromatic heterocycles. The average molecular weight is 693 g/mol. The van der Waals surface area contributed by atoms with Crippen LogP contribution in [0.25, 0.3) is 0 Å². The lowest BCUT2D eigenvalue weighted by molar-refractivity contribution is -0.134. The van der Waals surface area contributed by atoms with E-state index in [1.54, 1.807) is 11.8 Å². The van der Waals surface area contributed by atoms with E-state index in [0.29, 0.717) is 38.0 Å². The average Bonchev–Trinajstić information content (AvgIpc) is 2.96. The van der Waals surface area contributed by atoms with E-state index in [1.165, 1.54) is 0 Å². The van der Waals surface area contributed by atoms with E-state index < -0.39 is 41.3 Å². The zero-order chi connectivity index (χ0) is 36.7. The minimum atomic E-state index is -0.829. The molecular weight excluding hydrogens is 628 g/mol. The summed E-state index contributed by atoms with van der Waals surface area (Å²) in [6.07, 6.45) is 3.07. The summed E-state index contributed by atoms with van der Waals surface area (Å²) in [5.41, 5.74) is -0.134. The number of nitrogens with one attached hydrogen (secondary N) is 4. The highest BCUT2D eigenvalue weighted by atomic mass is 32.2. The van der Waals surface area contributed by atoms with Gasteiger partial charge in [-0.25, -0.2) is 4.79 Å². The number of carbonyl (C=O) groups is 4. The molecule has 4 N–H and O–H groups in total. The third-order valence-electron chi connectivity index (χ3n) is 7.56. The standard InChI is InChI=1S/C37H64N4O6S/c1-24(2)22-28(18-19-29(26(5)46-36(6,7)8)40-35(45)47-37(9,10)11)32(42)41-31(25(3)4)34(44)39-30(20-21-48-12)33(43)38-23-27-16-14-13-15-17-27/h13-17,24-26,28-31H,18-23H2,1-12H3,(H,38,43)(H,39,44)(H,40,45)(H,41,42)/t26?,28-,29?,30-,31-/m0/s1. The summed E-state index contributed by atoms with van der Waals surface area (Å²) < 4.78 is 11.7. The Morgan fingerprint density at radius 1 is 0.771 bits per heavy atom. The molecule has 0 heterocycles. The predicted molar refractivity (Wildman–Crippen MR) is 196 cm³/mol. The molecular formula is C37H64N4O6S. The Bertz CT molecular complexity index is 1130. The molecule has 1 aromatic rings. The molecule has 1 aromatic carbocycles. The number of thioether (sulfide) groups is 1. The topological polar surface area (TPSA) is 135 Å². The fraction of sp³-hybridized carbons (Fsp3) is 0.730. The normalized spacial score (nSPS) is 15.2. The van der Waals surface area contributed by atoms with Crippen molar-refractivity contribution in [2.24, 2.45) is 17.8 Å². The minimum Gasteiger partial charge on any atom is -0.444 e. The Morgan fingerprint density at radius 3 is 1.92 bits per heavy atom. The van der Waals surface area contributed by atoms with Gasteiger partial charge in [-0.15, -0.1) is 0 Å². The van der Waals surface area contributed by atoms with Crippen molar-refractivity contribution in [2.45, 2.75) is 144 Å². The summed E-state index contributed by atoms with van der Waals surface area (Å²) in [5.74, 6) is -0.602. The highest BCUT2D eigenvalue weighted by Crippen LogP contribution is 2.23. The highest BCUT2D eigenvalue weighted by molar-refractivity contribution is 7.98. The zero-order valence-electron chi connectivity index (χ0n) is 31.5. The molecule has 48 heavy (non-hydrogen) atoms. The molecule has 0 fully saturated rings. The summed E-state index contributed by atoms with van der Waals surface area (Å²) in [6, 6.07) is 7.64. The zero-order valence-corrected chi connectivity index (χ0v) is 32.3. The lowest BCUT2D eigenvalue weighted by Crippen LogP contribution is -2.56. The maximum Gasteiger partial charge on any atom is 0.407 e. The quantitative estimate of drug-likeness (QED) is 0.135. The second-order valence-electron chi connectivity index (χ2n) is 15.4. The van der Waals surface area contributed by atoms with Gasteiger partial charge in [0.25, 0.3) is 0 Å². The van der Waals surface area contributed by atoms with Crippen molar-refractivity contribution < 1.29 is 28.7 Å². The maximum absolute atomic E-state index is 13.9. The van der Waals surface area contributed by atoms with Gasteiger partial charge in [-0.2, -0.15) is 11.8 Å². The minimum absolute atomic E-state index is 0.218. The largest absolute Gasteiger partial charge is 0.444 e. The van der Waals surface area contributed by atoms with Crippen molar-refractivity contribution in [2.75, 3.05) is 12.0 Å². The Balaban J connectivity index is 3.09. The number of hydrogen-bond acceptors (Lipinski definition) is 7. The van der Waals surface area contributed by atoms with Crippen molar-refractivity contribution >= 4 is 35.6 Å². The first-order chi connectivity index (χ1) is 22.2. The molecule has 1 rings (SSSR count). The molecule has 0 radical (unpaired) electrons. The fourth-order valence-electron chi connectivity index (χ4n) is 5.31. The van der Waals surface area contributed by atoms with Crippen LogP contribution in [0.3, 0.4) is 0 Å². The lowest BCUT2D eigenvalue weighted by Gasteiger charge is -2.33. The van der Waals surface area contributed by atoms with Gasteiger partial charge in [0.15, 0.2) is 0 Å². The number of ether oxygens (including phenoxy) is 2. The fourth-order valence-corrected chi connectivity index (χ4v) is 5.78. The second-order valence-corrected chi connectivity index (χ2v) is 16.4. The van der Waals surface area contributed by atoms with E-state index in [4.69, 9.17) is 9.47 Å². The van der Waals surface area contributed by atoms with Crippen molar-refractivity contribution in [3.63, 3.8) is 0 Å². The first-order valence-electron chi connectivity index (χ1n) is 17.3. The number of rotatable bonds is 19. The third-order valence-corrected chi connectivity index (χ3v) is 8.21. The number of amides is 4. The van der Waals surface area contributed by atoms with Crippen molar-refractivity contribution in [3.05, 3.63) is 35.9 Å². The predicted octanol–water partition coefficient (Wildman–Crippen LogP) is 6.22. The van der Waals surface area contributed by atoms with Crippen molar-refractivity contribution in [1.29, 1.82) is 0 Å². The van der Waals surface area contributed by atoms with E-state index >= 15 is 0 Å². The van der Waals surface area contributed by atoms with Gasteiger partial charge in [0.2, 0.25) is 17.7 Å². The molecule has 0 bridgehead atoms. The van der Waals surface area contributed by atoms with Crippen LogP contribution in [-0.2, 0) is 30.4 Å². The van der Waals surface area contributed by atoms with Crippen LogP contribution < -0.4 is 21.3 Å². The van der Waals surface area contributed by atoms with Gasteiger partial charge >= 0.3 is 6.09 Å². The van der Waals surface area contributed by atoms with Crippen LogP contribution >= 0.6 is 11.8 Å². The van der Waals surface area contributed by atoms with Gasteiger partial charge in [0.1, 0.15) is 17.7 Å². The number of hydrogen-bond donors (Lipinski definition) is 4. The van der Waals surface area contributed by atoms with E-state index in [2.05, 4.69) is 35.1 Å². The van der Waals surface area contributed by atoms with Crippen LogP contribution in [0.15, 0.2) is 30.3 Å². The first kappa shape index (κ1) is 43.2. The highest BCUT2D eigenvalue weighted by Gasteiger charge is 2.33. The Labute approximate surface area is 294 Å². The van der Waals surface area contributed by atoms with E-state index in [1.807, 2.05) is 98.9 Å². The smallest absolute Gasteiger partial charge is 0.407 e. The Kier molecular flexibility index (Phi) is 18.6. The number of carbonyl (C=O) groups excluding carboxylic acids is 4. The van der Waals surface area contributed by atoms with Gasteiger partial charge in [0.05, 0.1) is 17.7 Å². The van der Waals surface area contributed by atoms with Gasteiger partial charge in [0, 0.05) is 12.5 Å². The molecule has 0 spiro atoms. The van der Waals surface area contributed by atoms with Gasteiger partial charge in [-0.3, -0.25) is 14.4 Å². The van der Waals surface area contributed by atoms with E-state index in [9.17, 15) is 19.2 Å². The van der Waals surface area contributed by atoms with Crippen LogP contribution in [0.1, 0.15) is 107 Å². The summed E-state index contributed by atoms with van der Waals surface area (Å²) in [4.78, 5) is 53.4. The molecule has 274 valence electrons. The molecule has 11 heteroatoms. The first-order valence-corrected chi connectivity index (χ1v) is 18.7. The van der Waals surface area contributed by atoms with Crippen LogP contribution in [0.5, 0.6) is 0 Å². The Hall–Kier alpha value is -2.79. The maximum atomic E-state index is 13.9. The third kappa shape index (κ3) is 18.1. The summed E-state index contributed by atoms with van der Waals surface area (Å²) >= 11 is 1.60. The monoisotopic (exact) mass is 692 g/mol. The summed E-state index contributed by atoms with van der Waals surface area (Å²) in [5, 5.41) is 11.8. The Morgan fingerprint density at radius 2 is 1.40 bits per heavy atom. The SMILES string of the molecule is CSCC[C@H](NC(=O)[C@@H](NC(=O)[C@@H](CCC(NC(=O)OC(C)(C)C)C(C)OC(C)(C)C)CC(C)C)C(C)C)C(=O)NCc1ccccc1. The molecule has 0 aliphatic carbocycles. The van der Waals surface area contributed by atoms with Crippen molar-refractivity contribution in [1.82, 2.24) is 21.3 Å². The number of alkyl carbamates (subject to hydrolysis) is 1. The van der Waals surface area contributed by atoms with Gasteiger partial charge in [-0.05, 0) is 104 Å². The van der Waals surface area contributed by atoms with Crippen LogP contribution in [-0.4, -0.2) is 71.3 Å². The molecule has 0 saturated heterocycles. The van der Waals surface area contributed by atoms with Gasteiger partial charge < -0.3 is 30.7 Å². The van der Waals surface area contributed by atoms with Crippen LogP contribution in [0.2, 0.25) is 0 Å². The number of benzene rings is 1. The van der Waals surface area contributed by atoms with E-state index in [0.717, 1.165) is 5.56 Å². The van der Waals surface area contributed by atoms with Crippen LogP contribution in [0.4, 0.5) is 4.79 Å². The molecule has 2 unspecified atom stereocenters.